The normalized spacial score (nSPS) is 25.4. The molecule has 1 saturated heterocycles. The predicted octanol–water partition coefficient (Wildman–Crippen LogP) is 1.81. The highest BCUT2D eigenvalue weighted by molar-refractivity contribution is 7.93. The van der Waals surface area contributed by atoms with Gasteiger partial charge in [-0.1, -0.05) is 23.7 Å². The summed E-state index contributed by atoms with van der Waals surface area (Å²) in [5, 5.41) is 1.60. The van der Waals surface area contributed by atoms with Crippen LogP contribution in [0.25, 0.3) is 6.08 Å². The van der Waals surface area contributed by atoms with Crippen LogP contribution in [-0.2, 0) is 19.9 Å². The second-order valence-electron chi connectivity index (χ2n) is 5.40. The predicted molar refractivity (Wildman–Crippen MR) is 84.2 cm³/mol. The van der Waals surface area contributed by atoms with Crippen molar-refractivity contribution in [3.05, 3.63) is 40.3 Å². The Hall–Kier alpha value is -0.890. The average Bonchev–Trinajstić information content (AvgIpc) is 2.61. The van der Waals surface area contributed by atoms with E-state index in [2.05, 4.69) is 4.72 Å². The first kappa shape index (κ1) is 16.5. The Kier molecular flexibility index (Phi) is 4.49. The van der Waals surface area contributed by atoms with Gasteiger partial charge in [-0.2, -0.15) is 0 Å². The Balaban J connectivity index is 2.11. The van der Waals surface area contributed by atoms with Gasteiger partial charge < -0.3 is 0 Å². The summed E-state index contributed by atoms with van der Waals surface area (Å²) in [4.78, 5) is 0. The van der Waals surface area contributed by atoms with Gasteiger partial charge in [-0.25, -0.2) is 21.6 Å². The molecule has 1 N–H and O–H groups in total. The molecular formula is C13H16ClNO4S2. The van der Waals surface area contributed by atoms with Crippen LogP contribution in [0, 0.1) is 0 Å². The lowest BCUT2D eigenvalue weighted by Crippen LogP contribution is -2.45. The minimum absolute atomic E-state index is 0.00686. The van der Waals surface area contributed by atoms with E-state index in [0.29, 0.717) is 10.6 Å². The van der Waals surface area contributed by atoms with E-state index in [0.717, 1.165) is 5.41 Å². The monoisotopic (exact) mass is 349 g/mol. The topological polar surface area (TPSA) is 80.3 Å². The molecule has 1 atom stereocenters. The van der Waals surface area contributed by atoms with E-state index in [1.54, 1.807) is 31.2 Å². The number of rotatable bonds is 4. The zero-order valence-corrected chi connectivity index (χ0v) is 13.8. The summed E-state index contributed by atoms with van der Waals surface area (Å²) >= 11 is 5.75. The fourth-order valence-corrected chi connectivity index (χ4v) is 5.79. The van der Waals surface area contributed by atoms with Gasteiger partial charge in [0.25, 0.3) is 0 Å². The Morgan fingerprint density at radius 3 is 2.43 bits per heavy atom. The fourth-order valence-electron chi connectivity index (χ4n) is 2.21. The maximum atomic E-state index is 12.0. The van der Waals surface area contributed by atoms with Crippen LogP contribution in [0.4, 0.5) is 0 Å². The highest BCUT2D eigenvalue weighted by Gasteiger charge is 2.40. The molecule has 0 saturated carbocycles. The van der Waals surface area contributed by atoms with E-state index in [9.17, 15) is 16.8 Å². The van der Waals surface area contributed by atoms with Gasteiger partial charge in [0.1, 0.15) is 0 Å². The number of hydrogen-bond acceptors (Lipinski definition) is 4. The number of hydrogen-bond donors (Lipinski definition) is 1. The smallest absolute Gasteiger partial charge is 0.229 e. The minimum atomic E-state index is -3.71. The third-order valence-corrected chi connectivity index (χ3v) is 6.63. The lowest BCUT2D eigenvalue weighted by Gasteiger charge is -2.22. The summed E-state index contributed by atoms with van der Waals surface area (Å²) in [6.07, 6.45) is 1.72. The summed E-state index contributed by atoms with van der Waals surface area (Å²) in [7, 11) is -6.87. The van der Waals surface area contributed by atoms with E-state index >= 15 is 0 Å². The first-order valence-electron chi connectivity index (χ1n) is 6.27. The molecule has 21 heavy (non-hydrogen) atoms. The van der Waals surface area contributed by atoms with Gasteiger partial charge >= 0.3 is 0 Å². The van der Waals surface area contributed by atoms with Crippen LogP contribution in [0.1, 0.15) is 18.9 Å². The highest BCUT2D eigenvalue weighted by Crippen LogP contribution is 2.24. The van der Waals surface area contributed by atoms with E-state index in [-0.39, 0.29) is 17.9 Å². The maximum absolute atomic E-state index is 12.0. The van der Waals surface area contributed by atoms with Gasteiger partial charge in [0.05, 0.1) is 11.5 Å². The summed E-state index contributed by atoms with van der Waals surface area (Å²) in [6, 6.07) is 6.70. The molecule has 116 valence electrons. The molecule has 8 heteroatoms. The molecular weight excluding hydrogens is 334 g/mol. The summed E-state index contributed by atoms with van der Waals surface area (Å²) in [5.74, 6) is -0.166. The number of halogens is 1. The van der Waals surface area contributed by atoms with Gasteiger partial charge in [-0.3, -0.25) is 0 Å². The Labute approximate surface area is 130 Å². The lowest BCUT2D eigenvalue weighted by molar-refractivity contribution is 0.465. The molecule has 1 aliphatic rings. The van der Waals surface area contributed by atoms with Gasteiger partial charge in [0.15, 0.2) is 9.84 Å². The van der Waals surface area contributed by atoms with Crippen LogP contribution in [0.2, 0.25) is 5.02 Å². The largest absolute Gasteiger partial charge is 0.234 e. The van der Waals surface area contributed by atoms with Crippen LogP contribution >= 0.6 is 11.6 Å². The zero-order chi connectivity index (χ0) is 15.7. The van der Waals surface area contributed by atoms with Crippen molar-refractivity contribution in [2.24, 2.45) is 0 Å². The first-order valence-corrected chi connectivity index (χ1v) is 10.0. The van der Waals surface area contributed by atoms with Crippen molar-refractivity contribution < 1.29 is 16.8 Å². The minimum Gasteiger partial charge on any atom is -0.229 e. The van der Waals surface area contributed by atoms with Crippen LogP contribution in [0.5, 0.6) is 0 Å². The molecule has 0 aliphatic carbocycles. The fraction of sp³-hybridized carbons (Fsp3) is 0.385. The quantitative estimate of drug-likeness (QED) is 0.898. The number of sulfonamides is 1. The van der Waals surface area contributed by atoms with Crippen molar-refractivity contribution in [1.29, 1.82) is 0 Å². The van der Waals surface area contributed by atoms with Crippen LogP contribution < -0.4 is 4.72 Å². The van der Waals surface area contributed by atoms with Crippen molar-refractivity contribution in [2.75, 3.05) is 11.5 Å². The van der Waals surface area contributed by atoms with Crippen molar-refractivity contribution in [3.63, 3.8) is 0 Å². The third-order valence-electron chi connectivity index (χ3n) is 3.20. The molecule has 0 radical (unpaired) electrons. The molecule has 1 aliphatic heterocycles. The van der Waals surface area contributed by atoms with Crippen LogP contribution in [0.15, 0.2) is 29.7 Å². The van der Waals surface area contributed by atoms with Gasteiger partial charge in [-0.05, 0) is 37.1 Å². The Bertz CT molecular complexity index is 754. The second kappa shape index (κ2) is 5.72. The van der Waals surface area contributed by atoms with E-state index in [4.69, 9.17) is 11.6 Å². The molecule has 5 nitrogen and oxygen atoms in total. The summed E-state index contributed by atoms with van der Waals surface area (Å²) in [6.45, 7) is 1.60. The third kappa shape index (κ3) is 4.81. The Morgan fingerprint density at radius 2 is 1.90 bits per heavy atom. The SMILES string of the molecule is C[C@@]1(NS(=O)(=O)/C=C\c2ccc(Cl)cc2)CCS(=O)(=O)C1. The van der Waals surface area contributed by atoms with Crippen LogP contribution in [-0.4, -0.2) is 33.9 Å². The number of sulfone groups is 1. The molecule has 0 spiro atoms. The number of nitrogens with one attached hydrogen (secondary N) is 1. The van der Waals surface area contributed by atoms with E-state index in [1.165, 1.54) is 6.08 Å². The standard InChI is InChI=1S/C13H16ClNO4S2/c1-13(7-9-20(16,17)10-13)15-21(18,19)8-6-11-2-4-12(14)5-3-11/h2-6,8,15H,7,9-10H2,1H3/b8-6-/t13-/m1/s1. The zero-order valence-electron chi connectivity index (χ0n) is 11.4. The molecule has 2 rings (SSSR count). The lowest BCUT2D eigenvalue weighted by atomic mass is 10.0. The second-order valence-corrected chi connectivity index (χ2v) is 9.59. The van der Waals surface area contributed by atoms with Crippen molar-refractivity contribution >= 4 is 37.5 Å². The first-order chi connectivity index (χ1) is 9.59. The molecule has 1 aromatic rings. The molecule has 0 aromatic heterocycles. The Morgan fingerprint density at radius 1 is 1.29 bits per heavy atom. The molecule has 1 aromatic carbocycles. The molecule has 0 amide bonds. The average molecular weight is 350 g/mol. The van der Waals surface area contributed by atoms with Crippen molar-refractivity contribution in [1.82, 2.24) is 4.72 Å². The highest BCUT2D eigenvalue weighted by atomic mass is 35.5. The molecule has 1 fully saturated rings. The van der Waals surface area contributed by atoms with Gasteiger partial charge in [0, 0.05) is 16.0 Å². The van der Waals surface area contributed by atoms with Crippen LogP contribution in [0.3, 0.4) is 0 Å². The van der Waals surface area contributed by atoms with Crippen molar-refractivity contribution in [3.8, 4) is 0 Å². The molecule has 0 unspecified atom stereocenters. The summed E-state index contributed by atoms with van der Waals surface area (Å²) in [5.41, 5.74) is -0.254. The van der Waals surface area contributed by atoms with Crippen molar-refractivity contribution in [2.45, 2.75) is 18.9 Å². The van der Waals surface area contributed by atoms with E-state index in [1.807, 2.05) is 0 Å². The maximum Gasteiger partial charge on any atom is 0.234 e. The van der Waals surface area contributed by atoms with Gasteiger partial charge in [-0.15, -0.1) is 0 Å². The molecule has 1 heterocycles. The number of benzene rings is 1. The van der Waals surface area contributed by atoms with Gasteiger partial charge in [0.2, 0.25) is 10.0 Å². The molecule has 0 bridgehead atoms. The summed E-state index contributed by atoms with van der Waals surface area (Å²) < 4.78 is 49.5. The van der Waals surface area contributed by atoms with E-state index < -0.39 is 25.4 Å².